The standard InChI is InChI=1S/C19H21N3O2S/c1-13-3-8-16-17(11-13)25-19(22-16)14-4-6-15(7-5-14)21-18(23)12-20-9-10-24-2/h3-8,11,20H,9-10,12H2,1-2H3,(H,21,23). The van der Waals surface area contributed by atoms with Crippen molar-refractivity contribution >= 4 is 33.1 Å². The molecule has 0 radical (unpaired) electrons. The van der Waals surface area contributed by atoms with Gasteiger partial charge in [-0.05, 0) is 48.9 Å². The molecule has 1 heterocycles. The number of anilines is 1. The molecule has 0 fully saturated rings. The monoisotopic (exact) mass is 355 g/mol. The van der Waals surface area contributed by atoms with E-state index in [0.29, 0.717) is 13.2 Å². The number of benzene rings is 2. The number of aromatic nitrogens is 1. The van der Waals surface area contributed by atoms with E-state index in [-0.39, 0.29) is 12.5 Å². The van der Waals surface area contributed by atoms with E-state index in [0.717, 1.165) is 21.8 Å². The summed E-state index contributed by atoms with van der Waals surface area (Å²) in [7, 11) is 1.63. The van der Waals surface area contributed by atoms with Crippen molar-refractivity contribution < 1.29 is 9.53 Å². The van der Waals surface area contributed by atoms with Crippen molar-refractivity contribution in [3.8, 4) is 10.6 Å². The van der Waals surface area contributed by atoms with Gasteiger partial charge < -0.3 is 15.4 Å². The van der Waals surface area contributed by atoms with Crippen molar-refractivity contribution in [3.05, 3.63) is 48.0 Å². The number of rotatable bonds is 7. The molecule has 2 aromatic carbocycles. The summed E-state index contributed by atoms with van der Waals surface area (Å²) >= 11 is 1.68. The fourth-order valence-electron chi connectivity index (χ4n) is 2.43. The van der Waals surface area contributed by atoms with E-state index in [1.54, 1.807) is 18.4 Å². The average molecular weight is 355 g/mol. The van der Waals surface area contributed by atoms with Gasteiger partial charge in [-0.2, -0.15) is 0 Å². The molecule has 2 N–H and O–H groups in total. The molecule has 130 valence electrons. The maximum absolute atomic E-state index is 11.9. The maximum atomic E-state index is 11.9. The van der Waals surface area contributed by atoms with E-state index in [9.17, 15) is 4.79 Å². The van der Waals surface area contributed by atoms with Crippen LogP contribution < -0.4 is 10.6 Å². The normalized spacial score (nSPS) is 11.0. The Morgan fingerprint density at radius 3 is 2.76 bits per heavy atom. The predicted octanol–water partition coefficient (Wildman–Crippen LogP) is 3.45. The fraction of sp³-hybridized carbons (Fsp3) is 0.263. The van der Waals surface area contributed by atoms with E-state index in [2.05, 4.69) is 40.7 Å². The van der Waals surface area contributed by atoms with Gasteiger partial charge in [0.25, 0.3) is 0 Å². The molecule has 0 unspecified atom stereocenters. The third-order valence-electron chi connectivity index (χ3n) is 3.73. The first-order valence-electron chi connectivity index (χ1n) is 8.13. The van der Waals surface area contributed by atoms with E-state index >= 15 is 0 Å². The number of fused-ring (bicyclic) bond motifs is 1. The lowest BCUT2D eigenvalue weighted by Crippen LogP contribution is -2.30. The third kappa shape index (κ3) is 4.63. The van der Waals surface area contributed by atoms with Gasteiger partial charge in [-0.15, -0.1) is 11.3 Å². The molecule has 0 aliphatic rings. The van der Waals surface area contributed by atoms with E-state index in [1.807, 2.05) is 24.3 Å². The lowest BCUT2D eigenvalue weighted by molar-refractivity contribution is -0.115. The molecule has 0 aliphatic heterocycles. The van der Waals surface area contributed by atoms with Crippen LogP contribution in [-0.2, 0) is 9.53 Å². The van der Waals surface area contributed by atoms with Crippen LogP contribution in [0, 0.1) is 6.92 Å². The van der Waals surface area contributed by atoms with Crippen molar-refractivity contribution in [1.82, 2.24) is 10.3 Å². The molecule has 0 atom stereocenters. The first-order valence-corrected chi connectivity index (χ1v) is 8.94. The minimum Gasteiger partial charge on any atom is -0.383 e. The molecular weight excluding hydrogens is 334 g/mol. The molecule has 0 saturated carbocycles. The molecule has 0 aliphatic carbocycles. The van der Waals surface area contributed by atoms with E-state index in [4.69, 9.17) is 4.74 Å². The molecule has 0 bridgehead atoms. The zero-order chi connectivity index (χ0) is 17.6. The van der Waals surface area contributed by atoms with Crippen LogP contribution in [0.4, 0.5) is 5.69 Å². The number of thiazole rings is 1. The van der Waals surface area contributed by atoms with Crippen LogP contribution in [0.3, 0.4) is 0 Å². The zero-order valence-corrected chi connectivity index (χ0v) is 15.2. The molecule has 3 aromatic rings. The number of methoxy groups -OCH3 is 1. The lowest BCUT2D eigenvalue weighted by Gasteiger charge is -2.07. The number of carbonyl (C=O) groups is 1. The quantitative estimate of drug-likeness (QED) is 0.637. The van der Waals surface area contributed by atoms with Gasteiger partial charge in [0.15, 0.2) is 0 Å². The summed E-state index contributed by atoms with van der Waals surface area (Å²) in [5.41, 5.74) is 4.08. The highest BCUT2D eigenvalue weighted by Crippen LogP contribution is 2.31. The number of hydrogen-bond acceptors (Lipinski definition) is 5. The Labute approximate surface area is 151 Å². The van der Waals surface area contributed by atoms with Crippen molar-refractivity contribution in [2.24, 2.45) is 0 Å². The Kier molecular flexibility index (Phi) is 5.75. The van der Waals surface area contributed by atoms with Crippen LogP contribution in [0.15, 0.2) is 42.5 Å². The second kappa shape index (κ2) is 8.20. The van der Waals surface area contributed by atoms with Crippen molar-refractivity contribution in [2.45, 2.75) is 6.92 Å². The second-order valence-corrected chi connectivity index (χ2v) is 6.82. The van der Waals surface area contributed by atoms with E-state index in [1.165, 1.54) is 10.3 Å². The fourth-order valence-corrected chi connectivity index (χ4v) is 3.50. The number of nitrogens with zero attached hydrogens (tertiary/aromatic N) is 1. The molecule has 6 heteroatoms. The van der Waals surface area contributed by atoms with Crippen LogP contribution in [0.25, 0.3) is 20.8 Å². The predicted molar refractivity (Wildman–Crippen MR) is 103 cm³/mol. The molecule has 25 heavy (non-hydrogen) atoms. The van der Waals surface area contributed by atoms with Crippen molar-refractivity contribution in [2.75, 3.05) is 32.1 Å². The zero-order valence-electron chi connectivity index (χ0n) is 14.3. The minimum absolute atomic E-state index is 0.0701. The van der Waals surface area contributed by atoms with Crippen LogP contribution in [-0.4, -0.2) is 37.7 Å². The van der Waals surface area contributed by atoms with Gasteiger partial charge in [-0.25, -0.2) is 4.98 Å². The molecular formula is C19H21N3O2S. The summed E-state index contributed by atoms with van der Waals surface area (Å²) < 4.78 is 6.12. The first-order chi connectivity index (χ1) is 12.2. The first kappa shape index (κ1) is 17.5. The Morgan fingerprint density at radius 1 is 1.20 bits per heavy atom. The Morgan fingerprint density at radius 2 is 2.00 bits per heavy atom. The van der Waals surface area contributed by atoms with Crippen LogP contribution in [0.2, 0.25) is 0 Å². The van der Waals surface area contributed by atoms with Crippen molar-refractivity contribution in [3.63, 3.8) is 0 Å². The average Bonchev–Trinajstić information content (AvgIpc) is 3.02. The number of hydrogen-bond donors (Lipinski definition) is 2. The molecule has 5 nitrogen and oxygen atoms in total. The molecule has 3 rings (SSSR count). The van der Waals surface area contributed by atoms with E-state index < -0.39 is 0 Å². The number of ether oxygens (including phenoxy) is 1. The summed E-state index contributed by atoms with van der Waals surface area (Å²) in [4.78, 5) is 16.5. The summed E-state index contributed by atoms with van der Waals surface area (Å²) in [5, 5.41) is 6.88. The summed E-state index contributed by atoms with van der Waals surface area (Å²) in [6.45, 7) is 3.59. The SMILES string of the molecule is COCCNCC(=O)Nc1ccc(-c2nc3ccc(C)cc3s2)cc1. The lowest BCUT2D eigenvalue weighted by atomic mass is 10.2. The summed E-state index contributed by atoms with van der Waals surface area (Å²) in [6.07, 6.45) is 0. The van der Waals surface area contributed by atoms with Gasteiger partial charge in [0, 0.05) is 24.9 Å². The van der Waals surface area contributed by atoms with Crippen LogP contribution >= 0.6 is 11.3 Å². The highest BCUT2D eigenvalue weighted by atomic mass is 32.1. The molecule has 0 saturated heterocycles. The number of amides is 1. The Balaban J connectivity index is 1.64. The van der Waals surface area contributed by atoms with Gasteiger partial charge >= 0.3 is 0 Å². The number of carbonyl (C=O) groups excluding carboxylic acids is 1. The van der Waals surface area contributed by atoms with Gasteiger partial charge in [0.2, 0.25) is 5.91 Å². The Hall–Kier alpha value is -2.28. The topological polar surface area (TPSA) is 63.2 Å². The number of aryl methyl sites for hydroxylation is 1. The second-order valence-electron chi connectivity index (χ2n) is 5.79. The molecule has 1 aromatic heterocycles. The smallest absolute Gasteiger partial charge is 0.238 e. The van der Waals surface area contributed by atoms with Gasteiger partial charge in [-0.3, -0.25) is 4.79 Å². The van der Waals surface area contributed by atoms with Crippen molar-refractivity contribution in [1.29, 1.82) is 0 Å². The number of nitrogens with one attached hydrogen (secondary N) is 2. The van der Waals surface area contributed by atoms with Crippen LogP contribution in [0.5, 0.6) is 0 Å². The van der Waals surface area contributed by atoms with Gasteiger partial charge in [0.05, 0.1) is 23.4 Å². The molecule has 1 amide bonds. The third-order valence-corrected chi connectivity index (χ3v) is 4.80. The minimum atomic E-state index is -0.0701. The Bertz CT molecular complexity index is 859. The maximum Gasteiger partial charge on any atom is 0.238 e. The van der Waals surface area contributed by atoms with Crippen LogP contribution in [0.1, 0.15) is 5.56 Å². The largest absolute Gasteiger partial charge is 0.383 e. The van der Waals surface area contributed by atoms with Gasteiger partial charge in [-0.1, -0.05) is 6.07 Å². The van der Waals surface area contributed by atoms with Gasteiger partial charge in [0.1, 0.15) is 5.01 Å². The summed E-state index contributed by atoms with van der Waals surface area (Å²) in [5.74, 6) is -0.0701. The molecule has 0 spiro atoms. The summed E-state index contributed by atoms with van der Waals surface area (Å²) in [6, 6.07) is 14.1. The highest BCUT2D eigenvalue weighted by molar-refractivity contribution is 7.21. The highest BCUT2D eigenvalue weighted by Gasteiger charge is 2.07.